The number of nitrogens with zero attached hydrogens (tertiary/aromatic N) is 2. The second kappa shape index (κ2) is 6.10. The van der Waals surface area contributed by atoms with Gasteiger partial charge in [-0.15, -0.1) is 0 Å². The van der Waals surface area contributed by atoms with Gasteiger partial charge in [-0.2, -0.15) is 0 Å². The number of hydrogen-bond donors (Lipinski definition) is 2. The average Bonchev–Trinajstić information content (AvgIpc) is 2.36. The molecule has 96 valence electrons. The van der Waals surface area contributed by atoms with Crippen molar-refractivity contribution < 1.29 is 0 Å². The minimum atomic E-state index is 0.0323. The van der Waals surface area contributed by atoms with E-state index >= 15 is 0 Å². The molecule has 0 radical (unpaired) electrons. The monoisotopic (exact) mass is 236 g/mol. The van der Waals surface area contributed by atoms with Gasteiger partial charge in [-0.25, -0.2) is 0 Å². The molecule has 0 aromatic carbocycles. The third-order valence-corrected chi connectivity index (χ3v) is 3.85. The van der Waals surface area contributed by atoms with Crippen LogP contribution in [-0.4, -0.2) is 35.6 Å². The molecule has 0 aliphatic carbocycles. The summed E-state index contributed by atoms with van der Waals surface area (Å²) in [5.74, 6) is 5.72. The van der Waals surface area contributed by atoms with Crippen LogP contribution in [-0.2, 0) is 6.42 Å². The summed E-state index contributed by atoms with van der Waals surface area (Å²) in [5, 5.41) is 0. The molecule has 0 bridgehead atoms. The van der Waals surface area contributed by atoms with Crippen LogP contribution in [0.3, 0.4) is 0 Å². The van der Waals surface area contributed by atoms with Crippen LogP contribution in [0.1, 0.15) is 25.8 Å². The molecule has 17 heavy (non-hydrogen) atoms. The van der Waals surface area contributed by atoms with Crippen LogP contribution in [0.15, 0.2) is 24.5 Å². The van der Waals surface area contributed by atoms with Gasteiger partial charge in [0.2, 0.25) is 0 Å². The van der Waals surface area contributed by atoms with Crippen molar-refractivity contribution in [1.29, 1.82) is 0 Å². The van der Waals surface area contributed by atoms with E-state index in [4.69, 9.17) is 5.84 Å². The van der Waals surface area contributed by atoms with Crippen molar-refractivity contribution in [3.8, 4) is 0 Å². The topological polar surface area (TPSA) is 54.2 Å². The van der Waals surface area contributed by atoms with Crippen LogP contribution in [0.5, 0.6) is 0 Å². The third-order valence-electron chi connectivity index (χ3n) is 3.85. The molecule has 0 fully saturated rings. The van der Waals surface area contributed by atoms with Gasteiger partial charge in [0.1, 0.15) is 0 Å². The summed E-state index contributed by atoms with van der Waals surface area (Å²) >= 11 is 0. The van der Waals surface area contributed by atoms with E-state index in [0.717, 1.165) is 12.8 Å². The van der Waals surface area contributed by atoms with Crippen LogP contribution >= 0.6 is 0 Å². The van der Waals surface area contributed by atoms with Crippen molar-refractivity contribution in [3.05, 3.63) is 30.1 Å². The zero-order chi connectivity index (χ0) is 12.9. The predicted octanol–water partition coefficient (Wildman–Crippen LogP) is 1.19. The van der Waals surface area contributed by atoms with Gasteiger partial charge in [-0.1, -0.05) is 13.0 Å². The Labute approximate surface area is 104 Å². The summed E-state index contributed by atoms with van der Waals surface area (Å²) in [4.78, 5) is 6.37. The number of rotatable bonds is 6. The predicted molar refractivity (Wildman–Crippen MR) is 71.4 cm³/mol. The SMILES string of the molecule is CCC(C)(C(Cc1cccnc1)NN)N(C)C. The van der Waals surface area contributed by atoms with Crippen molar-refractivity contribution in [3.63, 3.8) is 0 Å². The smallest absolute Gasteiger partial charge is 0.0432 e. The van der Waals surface area contributed by atoms with E-state index in [1.807, 2.05) is 12.3 Å². The second-order valence-electron chi connectivity index (χ2n) is 4.89. The van der Waals surface area contributed by atoms with E-state index in [1.54, 1.807) is 6.20 Å². The highest BCUT2D eigenvalue weighted by Crippen LogP contribution is 2.23. The molecule has 0 aliphatic rings. The maximum atomic E-state index is 5.72. The van der Waals surface area contributed by atoms with Crippen molar-refractivity contribution in [1.82, 2.24) is 15.3 Å². The Morgan fingerprint density at radius 2 is 2.24 bits per heavy atom. The maximum absolute atomic E-state index is 5.72. The third kappa shape index (κ3) is 3.25. The zero-order valence-corrected chi connectivity index (χ0v) is 11.3. The van der Waals surface area contributed by atoms with E-state index in [9.17, 15) is 0 Å². The summed E-state index contributed by atoms with van der Waals surface area (Å²) in [6.07, 6.45) is 5.61. The van der Waals surface area contributed by atoms with Crippen LogP contribution < -0.4 is 11.3 Å². The lowest BCUT2D eigenvalue weighted by atomic mass is 9.85. The molecular weight excluding hydrogens is 212 g/mol. The van der Waals surface area contributed by atoms with Crippen molar-refractivity contribution in [2.24, 2.45) is 5.84 Å². The van der Waals surface area contributed by atoms with Crippen LogP contribution in [0.2, 0.25) is 0 Å². The quantitative estimate of drug-likeness (QED) is 0.575. The summed E-state index contributed by atoms with van der Waals surface area (Å²) in [5.41, 5.74) is 4.19. The van der Waals surface area contributed by atoms with Gasteiger partial charge in [0.15, 0.2) is 0 Å². The summed E-state index contributed by atoms with van der Waals surface area (Å²) in [7, 11) is 4.19. The molecule has 2 unspecified atom stereocenters. The van der Waals surface area contributed by atoms with Crippen molar-refractivity contribution in [2.75, 3.05) is 14.1 Å². The Morgan fingerprint density at radius 1 is 1.53 bits per heavy atom. The highest BCUT2D eigenvalue weighted by atomic mass is 15.3. The number of hydrazine groups is 1. The Hall–Kier alpha value is -0.970. The largest absolute Gasteiger partial charge is 0.302 e. The first-order valence-electron chi connectivity index (χ1n) is 6.07. The fraction of sp³-hybridized carbons (Fsp3) is 0.615. The first-order chi connectivity index (χ1) is 8.04. The number of hydrogen-bond acceptors (Lipinski definition) is 4. The lowest BCUT2D eigenvalue weighted by Crippen LogP contribution is -2.59. The number of aromatic nitrogens is 1. The fourth-order valence-electron chi connectivity index (χ4n) is 2.09. The minimum absolute atomic E-state index is 0.0323. The first-order valence-corrected chi connectivity index (χ1v) is 6.07. The molecule has 0 amide bonds. The van der Waals surface area contributed by atoms with Crippen LogP contribution in [0, 0.1) is 0 Å². The average molecular weight is 236 g/mol. The van der Waals surface area contributed by atoms with Gasteiger partial charge < -0.3 is 4.90 Å². The summed E-state index contributed by atoms with van der Waals surface area (Å²) in [6, 6.07) is 4.25. The molecular formula is C13H24N4. The Bertz CT molecular complexity index is 325. The molecule has 0 aliphatic heterocycles. The number of nitrogens with two attached hydrogens (primary N) is 1. The van der Waals surface area contributed by atoms with E-state index in [0.29, 0.717) is 0 Å². The highest BCUT2D eigenvalue weighted by Gasteiger charge is 2.34. The minimum Gasteiger partial charge on any atom is -0.302 e. The van der Waals surface area contributed by atoms with Gasteiger partial charge in [-0.05, 0) is 45.5 Å². The maximum Gasteiger partial charge on any atom is 0.0432 e. The van der Waals surface area contributed by atoms with Gasteiger partial charge in [-0.3, -0.25) is 16.3 Å². The van der Waals surface area contributed by atoms with E-state index < -0.39 is 0 Å². The zero-order valence-electron chi connectivity index (χ0n) is 11.3. The number of nitrogens with one attached hydrogen (secondary N) is 1. The molecule has 1 heterocycles. The Balaban J connectivity index is 2.84. The summed E-state index contributed by atoms with van der Waals surface area (Å²) in [6.45, 7) is 4.42. The Morgan fingerprint density at radius 3 is 2.65 bits per heavy atom. The van der Waals surface area contributed by atoms with Crippen LogP contribution in [0.25, 0.3) is 0 Å². The molecule has 4 heteroatoms. The van der Waals surface area contributed by atoms with E-state index in [2.05, 4.69) is 49.3 Å². The lowest BCUT2D eigenvalue weighted by Gasteiger charge is -2.42. The Kier molecular flexibility index (Phi) is 5.05. The standard InChI is InChI=1S/C13H24N4/c1-5-13(2,17(3)4)12(16-14)9-11-7-6-8-15-10-11/h6-8,10,12,16H,5,9,14H2,1-4H3. The molecule has 0 saturated carbocycles. The summed E-state index contributed by atoms with van der Waals surface area (Å²) < 4.78 is 0. The van der Waals surface area contributed by atoms with E-state index in [-0.39, 0.29) is 11.6 Å². The fourth-order valence-corrected chi connectivity index (χ4v) is 2.09. The first kappa shape index (κ1) is 14.1. The number of pyridine rings is 1. The van der Waals surface area contributed by atoms with Gasteiger partial charge in [0.25, 0.3) is 0 Å². The second-order valence-corrected chi connectivity index (χ2v) is 4.89. The lowest BCUT2D eigenvalue weighted by molar-refractivity contribution is 0.112. The molecule has 2 atom stereocenters. The van der Waals surface area contributed by atoms with Crippen molar-refractivity contribution in [2.45, 2.75) is 38.3 Å². The molecule has 1 rings (SSSR count). The van der Waals surface area contributed by atoms with Gasteiger partial charge in [0.05, 0.1) is 0 Å². The van der Waals surface area contributed by atoms with Gasteiger partial charge in [0, 0.05) is 24.0 Å². The molecule has 3 N–H and O–H groups in total. The van der Waals surface area contributed by atoms with Crippen LogP contribution in [0.4, 0.5) is 0 Å². The molecule has 1 aromatic heterocycles. The molecule has 4 nitrogen and oxygen atoms in total. The molecule has 0 saturated heterocycles. The van der Waals surface area contributed by atoms with Crippen molar-refractivity contribution >= 4 is 0 Å². The van der Waals surface area contributed by atoms with E-state index in [1.165, 1.54) is 5.56 Å². The number of likely N-dealkylation sites (N-methyl/N-ethyl adjacent to an activating group) is 1. The normalized spacial score (nSPS) is 16.8. The van der Waals surface area contributed by atoms with Gasteiger partial charge >= 0.3 is 0 Å². The molecule has 1 aromatic rings. The molecule has 0 spiro atoms. The highest BCUT2D eigenvalue weighted by molar-refractivity contribution is 5.12.